The quantitative estimate of drug-likeness (QED) is 0.147. The minimum absolute atomic E-state index is 0. The number of nitrogens with two attached hydrogens (primary N) is 1. The van der Waals surface area contributed by atoms with Gasteiger partial charge in [-0.2, -0.15) is 8.42 Å². The molecule has 160 valence electrons. The van der Waals surface area contributed by atoms with E-state index in [4.69, 9.17) is 5.73 Å². The number of aromatic nitrogens is 1. The van der Waals surface area contributed by atoms with Crippen LogP contribution in [0.1, 0.15) is 0 Å². The molecule has 0 spiro atoms. The van der Waals surface area contributed by atoms with Crippen molar-refractivity contribution >= 4 is 88.9 Å². The van der Waals surface area contributed by atoms with Crippen LogP contribution in [0.5, 0.6) is 0 Å². The van der Waals surface area contributed by atoms with Gasteiger partial charge in [0.2, 0.25) is 0 Å². The number of hydrogen-bond acceptors (Lipinski definition) is 7. The molecule has 2 aromatic heterocycles. The Morgan fingerprint density at radius 3 is 2.30 bits per heavy atom. The summed E-state index contributed by atoms with van der Waals surface area (Å²) in [7, 11) is -4.47. The van der Waals surface area contributed by atoms with E-state index in [0.717, 1.165) is 16.6 Å². The first-order valence-electron chi connectivity index (χ1n) is 9.55. The molecule has 0 amide bonds. The van der Waals surface area contributed by atoms with E-state index in [-0.39, 0.29) is 45.8 Å². The first-order valence-corrected chi connectivity index (χ1v) is 11.9. The molecule has 3 N–H and O–H groups in total. The Balaban J connectivity index is 0.00000259. The van der Waals surface area contributed by atoms with E-state index in [0.29, 0.717) is 16.5 Å². The summed E-state index contributed by atoms with van der Waals surface area (Å²) >= 11 is 1.66. The minimum atomic E-state index is -4.47. The first kappa shape index (κ1) is 23.5. The molecule has 0 saturated heterocycles. The summed E-state index contributed by atoms with van der Waals surface area (Å²) in [5.74, 6) is 0. The molecular formula is C23H17N4NaO3S2. The van der Waals surface area contributed by atoms with Gasteiger partial charge in [-0.25, -0.2) is 0 Å². The van der Waals surface area contributed by atoms with Crippen LogP contribution in [0.4, 0.5) is 17.1 Å². The third kappa shape index (κ3) is 4.56. The van der Waals surface area contributed by atoms with Gasteiger partial charge in [-0.15, -0.1) is 21.6 Å². The maximum absolute atomic E-state index is 11.9. The predicted octanol–water partition coefficient (Wildman–Crippen LogP) is 5.71. The number of nitrogen functional groups attached to an aromatic ring is 1. The van der Waals surface area contributed by atoms with Gasteiger partial charge in [-0.05, 0) is 24.3 Å². The Labute approximate surface area is 216 Å². The third-order valence-corrected chi connectivity index (χ3v) is 6.94. The van der Waals surface area contributed by atoms with Gasteiger partial charge in [0.25, 0.3) is 10.1 Å². The zero-order chi connectivity index (χ0) is 22.3. The van der Waals surface area contributed by atoms with Crippen LogP contribution in [0, 0.1) is 0 Å². The number of thiophene rings is 1. The van der Waals surface area contributed by atoms with Gasteiger partial charge in [0.15, 0.2) is 0 Å². The molecule has 0 aliphatic carbocycles. The Hall–Kier alpha value is -2.66. The summed E-state index contributed by atoms with van der Waals surface area (Å²) in [5, 5.41) is 12.3. The van der Waals surface area contributed by atoms with E-state index in [1.165, 1.54) is 10.8 Å². The Kier molecular flexibility index (Phi) is 6.62. The average molecular weight is 485 g/mol. The van der Waals surface area contributed by atoms with Crippen LogP contribution in [0.3, 0.4) is 0 Å². The van der Waals surface area contributed by atoms with Crippen molar-refractivity contribution in [1.82, 2.24) is 4.98 Å². The molecule has 0 aliphatic heterocycles. The molecule has 0 saturated carbocycles. The molecule has 3 aromatic carbocycles. The second-order valence-electron chi connectivity index (χ2n) is 7.08. The number of nitrogens with zero attached hydrogens (tertiary/aromatic N) is 3. The van der Waals surface area contributed by atoms with Gasteiger partial charge >= 0.3 is 29.6 Å². The molecule has 33 heavy (non-hydrogen) atoms. The van der Waals surface area contributed by atoms with Crippen LogP contribution < -0.4 is 5.73 Å². The number of benzene rings is 3. The summed E-state index contributed by atoms with van der Waals surface area (Å²) in [4.78, 5) is 4.23. The molecule has 0 atom stereocenters. The van der Waals surface area contributed by atoms with Gasteiger partial charge in [0.1, 0.15) is 16.3 Å². The van der Waals surface area contributed by atoms with Crippen molar-refractivity contribution in [2.75, 3.05) is 5.73 Å². The fourth-order valence-electron chi connectivity index (χ4n) is 3.54. The van der Waals surface area contributed by atoms with Crippen molar-refractivity contribution < 1.29 is 13.0 Å². The third-order valence-electron chi connectivity index (χ3n) is 5.08. The molecule has 0 bridgehead atoms. The maximum atomic E-state index is 11.9. The fraction of sp³-hybridized carbons (Fsp3) is 0. The molecule has 5 aromatic rings. The van der Waals surface area contributed by atoms with Crippen LogP contribution in [0.2, 0.25) is 0 Å². The van der Waals surface area contributed by atoms with Gasteiger partial charge in [0.05, 0.1) is 17.6 Å². The first-order chi connectivity index (χ1) is 15.4. The fourth-order valence-corrected chi connectivity index (χ4v) is 5.21. The average Bonchev–Trinajstić information content (AvgIpc) is 3.22. The zero-order valence-electron chi connectivity index (χ0n) is 16.5. The van der Waals surface area contributed by atoms with E-state index in [2.05, 4.69) is 32.7 Å². The van der Waals surface area contributed by atoms with Gasteiger partial charge in [0, 0.05) is 31.8 Å². The molecule has 7 nitrogen and oxygen atoms in total. The van der Waals surface area contributed by atoms with E-state index < -0.39 is 10.1 Å². The molecule has 5 rings (SSSR count). The SMILES string of the molecule is Nc1c(N=Nc2ccc(-c3csc4ccccc34)nc2)cc(S(=O)(=O)O)c2ccccc12.[NaH]. The number of pyridine rings is 1. The molecule has 0 radical (unpaired) electrons. The van der Waals surface area contributed by atoms with E-state index in [1.54, 1.807) is 47.9 Å². The van der Waals surface area contributed by atoms with Crippen LogP contribution in [0.15, 0.2) is 93.4 Å². The van der Waals surface area contributed by atoms with Crippen molar-refractivity contribution in [3.05, 3.63) is 78.3 Å². The van der Waals surface area contributed by atoms with E-state index in [1.807, 2.05) is 18.2 Å². The number of azo groups is 1. The summed E-state index contributed by atoms with van der Waals surface area (Å²) in [5.41, 5.74) is 8.95. The van der Waals surface area contributed by atoms with Crippen LogP contribution in [-0.4, -0.2) is 47.5 Å². The van der Waals surface area contributed by atoms with Crippen molar-refractivity contribution in [3.8, 4) is 11.3 Å². The second kappa shape index (κ2) is 9.30. The summed E-state index contributed by atoms with van der Waals surface area (Å²) < 4.78 is 34.5. The van der Waals surface area contributed by atoms with Crippen LogP contribution in [-0.2, 0) is 10.1 Å². The Bertz CT molecular complexity index is 1610. The Morgan fingerprint density at radius 2 is 1.61 bits per heavy atom. The van der Waals surface area contributed by atoms with Crippen molar-refractivity contribution in [2.45, 2.75) is 4.90 Å². The monoisotopic (exact) mass is 484 g/mol. The number of anilines is 1. The van der Waals surface area contributed by atoms with Crippen molar-refractivity contribution in [2.24, 2.45) is 10.2 Å². The molecule has 10 heteroatoms. The molecule has 2 heterocycles. The summed E-state index contributed by atoms with van der Waals surface area (Å²) in [6.07, 6.45) is 1.59. The van der Waals surface area contributed by atoms with E-state index >= 15 is 0 Å². The molecule has 0 unspecified atom stereocenters. The van der Waals surface area contributed by atoms with Gasteiger partial charge in [-0.1, -0.05) is 42.5 Å². The number of hydrogen-bond donors (Lipinski definition) is 2. The topological polar surface area (TPSA) is 118 Å². The molecule has 0 fully saturated rings. The standard InChI is InChI=1S/C23H16N4O3S2.Na.H/c24-23-17-7-2-1-6-16(17)22(32(28,29)30)11-20(23)27-26-14-9-10-19(25-12-14)18-13-31-21-8-4-3-5-15(18)21;;/h1-13H,24H2,(H,28,29,30);;. The predicted molar refractivity (Wildman–Crippen MR) is 135 cm³/mol. The van der Waals surface area contributed by atoms with Gasteiger partial charge in [-0.3, -0.25) is 9.54 Å². The number of rotatable bonds is 4. The van der Waals surface area contributed by atoms with Crippen LogP contribution in [0.25, 0.3) is 32.1 Å². The summed E-state index contributed by atoms with van der Waals surface area (Å²) in [6, 6.07) is 19.6. The van der Waals surface area contributed by atoms with E-state index in [9.17, 15) is 13.0 Å². The molecular weight excluding hydrogens is 467 g/mol. The number of fused-ring (bicyclic) bond motifs is 2. The second-order valence-corrected chi connectivity index (χ2v) is 9.38. The van der Waals surface area contributed by atoms with Crippen molar-refractivity contribution in [3.63, 3.8) is 0 Å². The van der Waals surface area contributed by atoms with Gasteiger partial charge < -0.3 is 5.73 Å². The summed E-state index contributed by atoms with van der Waals surface area (Å²) in [6.45, 7) is 0. The van der Waals surface area contributed by atoms with Crippen molar-refractivity contribution in [1.29, 1.82) is 0 Å². The van der Waals surface area contributed by atoms with Crippen LogP contribution >= 0.6 is 11.3 Å². The normalized spacial score (nSPS) is 11.8. The molecule has 0 aliphatic rings. The Morgan fingerprint density at radius 1 is 0.909 bits per heavy atom. The zero-order valence-corrected chi connectivity index (χ0v) is 18.1.